The second-order valence-electron chi connectivity index (χ2n) is 4.39. The minimum atomic E-state index is -0.0135. The molecular weight excluding hydrogens is 281 g/mol. The van der Waals surface area contributed by atoms with Crippen LogP contribution in [0, 0.1) is 6.92 Å². The van der Waals surface area contributed by atoms with Crippen molar-refractivity contribution in [1.29, 1.82) is 0 Å². The molecule has 2 aromatic rings. The molecule has 0 saturated carbocycles. The number of pyridine rings is 1. The Balaban J connectivity index is 2.24. The SMILES string of the molecule is Cc1cc(C(Cc2ccc(Cl)cc2Cl)NN)ccn1. The maximum atomic E-state index is 6.18. The van der Waals surface area contributed by atoms with Crippen LogP contribution in [0.15, 0.2) is 36.5 Å². The number of hydrazine groups is 1. The minimum absolute atomic E-state index is 0.0135. The number of nitrogens with one attached hydrogen (secondary N) is 1. The van der Waals surface area contributed by atoms with E-state index >= 15 is 0 Å². The summed E-state index contributed by atoms with van der Waals surface area (Å²) in [5.41, 5.74) is 5.86. The van der Waals surface area contributed by atoms with Crippen molar-refractivity contribution in [3.8, 4) is 0 Å². The molecule has 5 heteroatoms. The van der Waals surface area contributed by atoms with Crippen molar-refractivity contribution >= 4 is 23.2 Å². The molecular formula is C14H15Cl2N3. The fraction of sp³-hybridized carbons (Fsp3) is 0.214. The van der Waals surface area contributed by atoms with Crippen molar-refractivity contribution in [2.24, 2.45) is 5.84 Å². The van der Waals surface area contributed by atoms with Crippen LogP contribution in [0.5, 0.6) is 0 Å². The van der Waals surface area contributed by atoms with Gasteiger partial charge in [0, 0.05) is 21.9 Å². The number of benzene rings is 1. The molecule has 1 heterocycles. The Kier molecular flexibility index (Phi) is 4.77. The van der Waals surface area contributed by atoms with E-state index in [0.717, 1.165) is 16.8 Å². The van der Waals surface area contributed by atoms with Gasteiger partial charge in [-0.05, 0) is 48.7 Å². The molecule has 0 aliphatic heterocycles. The average molecular weight is 296 g/mol. The number of rotatable bonds is 4. The zero-order chi connectivity index (χ0) is 13.8. The molecule has 0 amide bonds. The zero-order valence-electron chi connectivity index (χ0n) is 10.5. The Labute approximate surface area is 122 Å². The number of aromatic nitrogens is 1. The average Bonchev–Trinajstić information content (AvgIpc) is 2.38. The molecule has 0 radical (unpaired) electrons. The van der Waals surface area contributed by atoms with Gasteiger partial charge in [0.25, 0.3) is 0 Å². The summed E-state index contributed by atoms with van der Waals surface area (Å²) in [4.78, 5) is 4.18. The Hall–Kier alpha value is -1.13. The summed E-state index contributed by atoms with van der Waals surface area (Å²) in [5.74, 6) is 5.64. The Bertz CT molecular complexity index is 572. The van der Waals surface area contributed by atoms with Crippen LogP contribution in [0.1, 0.15) is 22.9 Å². The van der Waals surface area contributed by atoms with E-state index in [0.29, 0.717) is 16.5 Å². The lowest BCUT2D eigenvalue weighted by atomic mass is 9.99. The molecule has 1 unspecified atom stereocenters. The van der Waals surface area contributed by atoms with E-state index in [4.69, 9.17) is 29.0 Å². The van der Waals surface area contributed by atoms with Crippen LogP contribution in [-0.2, 0) is 6.42 Å². The van der Waals surface area contributed by atoms with Gasteiger partial charge in [0.1, 0.15) is 0 Å². The largest absolute Gasteiger partial charge is 0.271 e. The summed E-state index contributed by atoms with van der Waals surface area (Å²) >= 11 is 12.1. The van der Waals surface area contributed by atoms with Crippen molar-refractivity contribution in [3.05, 3.63) is 63.4 Å². The molecule has 0 fully saturated rings. The lowest BCUT2D eigenvalue weighted by molar-refractivity contribution is 0.551. The van der Waals surface area contributed by atoms with Gasteiger partial charge in [-0.15, -0.1) is 0 Å². The monoisotopic (exact) mass is 295 g/mol. The number of hydrogen-bond donors (Lipinski definition) is 2. The van der Waals surface area contributed by atoms with Gasteiger partial charge in [0.05, 0.1) is 6.04 Å². The van der Waals surface area contributed by atoms with E-state index in [1.165, 1.54) is 0 Å². The number of halogens is 2. The second-order valence-corrected chi connectivity index (χ2v) is 5.23. The molecule has 0 aliphatic rings. The predicted octanol–water partition coefficient (Wildman–Crippen LogP) is 3.44. The molecule has 2 rings (SSSR count). The first-order chi connectivity index (χ1) is 9.10. The summed E-state index contributed by atoms with van der Waals surface area (Å²) < 4.78 is 0. The number of nitrogens with zero attached hydrogens (tertiary/aromatic N) is 1. The summed E-state index contributed by atoms with van der Waals surface area (Å²) in [6.07, 6.45) is 2.47. The molecule has 0 spiro atoms. The highest BCUT2D eigenvalue weighted by Gasteiger charge is 2.13. The Morgan fingerprint density at radius 1 is 1.26 bits per heavy atom. The third-order valence-corrected chi connectivity index (χ3v) is 3.55. The minimum Gasteiger partial charge on any atom is -0.271 e. The standard InChI is InChI=1S/C14H15Cl2N3/c1-9-6-11(4-5-18-9)14(19-17)7-10-2-3-12(15)8-13(10)16/h2-6,8,14,19H,7,17H2,1H3. The summed E-state index contributed by atoms with van der Waals surface area (Å²) in [5, 5.41) is 1.28. The van der Waals surface area contributed by atoms with Gasteiger partial charge >= 0.3 is 0 Å². The van der Waals surface area contributed by atoms with Crippen molar-refractivity contribution < 1.29 is 0 Å². The highest BCUT2D eigenvalue weighted by atomic mass is 35.5. The molecule has 1 aromatic carbocycles. The van der Waals surface area contributed by atoms with E-state index in [2.05, 4.69) is 10.4 Å². The fourth-order valence-electron chi connectivity index (χ4n) is 1.96. The smallest absolute Gasteiger partial charge is 0.0502 e. The van der Waals surface area contributed by atoms with Crippen LogP contribution in [0.2, 0.25) is 10.0 Å². The van der Waals surface area contributed by atoms with Crippen LogP contribution >= 0.6 is 23.2 Å². The van der Waals surface area contributed by atoms with E-state index in [9.17, 15) is 0 Å². The molecule has 100 valence electrons. The first kappa shape index (κ1) is 14.3. The van der Waals surface area contributed by atoms with Crippen LogP contribution < -0.4 is 11.3 Å². The van der Waals surface area contributed by atoms with Gasteiger partial charge < -0.3 is 0 Å². The molecule has 19 heavy (non-hydrogen) atoms. The fourth-order valence-corrected chi connectivity index (χ4v) is 2.45. The number of nitrogens with two attached hydrogens (primary N) is 1. The molecule has 1 atom stereocenters. The van der Waals surface area contributed by atoms with Crippen LogP contribution in [0.3, 0.4) is 0 Å². The molecule has 0 aliphatic carbocycles. The van der Waals surface area contributed by atoms with Gasteiger partial charge in [-0.2, -0.15) is 0 Å². The van der Waals surface area contributed by atoms with Crippen molar-refractivity contribution in [1.82, 2.24) is 10.4 Å². The number of aryl methyl sites for hydroxylation is 1. The third kappa shape index (κ3) is 3.67. The number of hydrogen-bond acceptors (Lipinski definition) is 3. The predicted molar refractivity (Wildman–Crippen MR) is 79.2 cm³/mol. The van der Waals surface area contributed by atoms with E-state index in [-0.39, 0.29) is 6.04 Å². The summed E-state index contributed by atoms with van der Waals surface area (Å²) in [6, 6.07) is 9.43. The normalized spacial score (nSPS) is 12.4. The van der Waals surface area contributed by atoms with Gasteiger partial charge in [-0.3, -0.25) is 16.3 Å². The van der Waals surface area contributed by atoms with Crippen molar-refractivity contribution in [2.45, 2.75) is 19.4 Å². The van der Waals surface area contributed by atoms with Crippen molar-refractivity contribution in [2.75, 3.05) is 0 Å². The van der Waals surface area contributed by atoms with Gasteiger partial charge in [-0.1, -0.05) is 29.3 Å². The quantitative estimate of drug-likeness (QED) is 0.671. The van der Waals surface area contributed by atoms with Crippen molar-refractivity contribution in [3.63, 3.8) is 0 Å². The molecule has 3 nitrogen and oxygen atoms in total. The van der Waals surface area contributed by atoms with Gasteiger partial charge in [-0.25, -0.2) is 0 Å². The lowest BCUT2D eigenvalue weighted by Gasteiger charge is -2.17. The molecule has 1 aromatic heterocycles. The topological polar surface area (TPSA) is 50.9 Å². The summed E-state index contributed by atoms with van der Waals surface area (Å²) in [6.45, 7) is 1.95. The highest BCUT2D eigenvalue weighted by molar-refractivity contribution is 6.35. The lowest BCUT2D eigenvalue weighted by Crippen LogP contribution is -2.29. The van der Waals surface area contributed by atoms with E-state index < -0.39 is 0 Å². The van der Waals surface area contributed by atoms with E-state index in [1.807, 2.05) is 31.2 Å². The molecule has 0 bridgehead atoms. The second kappa shape index (κ2) is 6.35. The zero-order valence-corrected chi connectivity index (χ0v) is 12.0. The Morgan fingerprint density at radius 2 is 2.05 bits per heavy atom. The maximum absolute atomic E-state index is 6.18. The van der Waals surface area contributed by atoms with Gasteiger partial charge in [0.15, 0.2) is 0 Å². The molecule has 0 saturated heterocycles. The van der Waals surface area contributed by atoms with Gasteiger partial charge in [0.2, 0.25) is 0 Å². The highest BCUT2D eigenvalue weighted by Crippen LogP contribution is 2.26. The van der Waals surface area contributed by atoms with Crippen LogP contribution in [0.4, 0.5) is 0 Å². The first-order valence-electron chi connectivity index (χ1n) is 5.92. The van der Waals surface area contributed by atoms with Crippen LogP contribution in [0.25, 0.3) is 0 Å². The third-order valence-electron chi connectivity index (χ3n) is 2.96. The summed E-state index contributed by atoms with van der Waals surface area (Å²) in [7, 11) is 0. The maximum Gasteiger partial charge on any atom is 0.0502 e. The van der Waals surface area contributed by atoms with Crippen LogP contribution in [-0.4, -0.2) is 4.98 Å². The molecule has 3 N–H and O–H groups in total. The Morgan fingerprint density at radius 3 is 2.68 bits per heavy atom. The van der Waals surface area contributed by atoms with E-state index in [1.54, 1.807) is 12.3 Å². The first-order valence-corrected chi connectivity index (χ1v) is 6.68.